The molecule has 0 saturated carbocycles. The summed E-state index contributed by atoms with van der Waals surface area (Å²) < 4.78 is 0. The number of nitrogens with zero attached hydrogens (tertiary/aromatic N) is 3. The molecule has 17 heavy (non-hydrogen) atoms. The lowest BCUT2D eigenvalue weighted by molar-refractivity contribution is 0.582. The van der Waals surface area contributed by atoms with Gasteiger partial charge in [0.05, 0.1) is 0 Å². The van der Waals surface area contributed by atoms with E-state index in [9.17, 15) is 0 Å². The number of hydrogen-bond acceptors (Lipinski definition) is 4. The van der Waals surface area contributed by atoms with Crippen LogP contribution in [0.3, 0.4) is 0 Å². The van der Waals surface area contributed by atoms with Crippen LogP contribution in [0, 0.1) is 5.92 Å². The second-order valence-corrected chi connectivity index (χ2v) is 5.05. The van der Waals surface area contributed by atoms with Crippen LogP contribution in [0.25, 0.3) is 0 Å². The maximum atomic E-state index is 5.68. The van der Waals surface area contributed by atoms with E-state index in [0.717, 1.165) is 31.7 Å². The first kappa shape index (κ1) is 12.3. The van der Waals surface area contributed by atoms with Crippen molar-refractivity contribution in [3.63, 3.8) is 0 Å². The third-order valence-corrected chi connectivity index (χ3v) is 3.45. The Kier molecular flexibility index (Phi) is 3.94. The molecule has 0 amide bonds. The molecule has 1 aliphatic carbocycles. The zero-order valence-corrected chi connectivity index (χ0v) is 10.8. The second-order valence-electron chi connectivity index (χ2n) is 5.05. The van der Waals surface area contributed by atoms with E-state index in [1.54, 1.807) is 6.33 Å². The number of rotatable bonds is 4. The number of anilines is 1. The van der Waals surface area contributed by atoms with Crippen molar-refractivity contribution in [2.75, 3.05) is 25.0 Å². The van der Waals surface area contributed by atoms with Crippen molar-refractivity contribution in [2.45, 2.75) is 32.6 Å². The normalized spacial score (nSPS) is 16.4. The van der Waals surface area contributed by atoms with E-state index in [0.29, 0.717) is 5.92 Å². The SMILES string of the molecule is CC(CN)CN(C)c1ncnc2c1CCCC2. The quantitative estimate of drug-likeness (QED) is 0.855. The first-order valence-electron chi connectivity index (χ1n) is 6.46. The molecule has 0 aliphatic heterocycles. The Hall–Kier alpha value is -1.16. The predicted molar refractivity (Wildman–Crippen MR) is 70.2 cm³/mol. The van der Waals surface area contributed by atoms with E-state index >= 15 is 0 Å². The Morgan fingerprint density at radius 3 is 2.88 bits per heavy atom. The van der Waals surface area contributed by atoms with Gasteiger partial charge in [0.25, 0.3) is 0 Å². The molecular formula is C13H22N4. The van der Waals surface area contributed by atoms with Crippen LogP contribution in [-0.2, 0) is 12.8 Å². The van der Waals surface area contributed by atoms with Gasteiger partial charge in [0, 0.05) is 24.8 Å². The van der Waals surface area contributed by atoms with Gasteiger partial charge in [0.1, 0.15) is 12.1 Å². The summed E-state index contributed by atoms with van der Waals surface area (Å²) in [6.07, 6.45) is 6.43. The van der Waals surface area contributed by atoms with Crippen molar-refractivity contribution < 1.29 is 0 Å². The maximum Gasteiger partial charge on any atom is 0.135 e. The third kappa shape index (κ3) is 2.75. The van der Waals surface area contributed by atoms with Gasteiger partial charge in [-0.3, -0.25) is 0 Å². The van der Waals surface area contributed by atoms with Crippen molar-refractivity contribution >= 4 is 5.82 Å². The van der Waals surface area contributed by atoms with Crippen molar-refractivity contribution in [2.24, 2.45) is 11.7 Å². The Bertz CT molecular complexity index is 378. The van der Waals surface area contributed by atoms with E-state index in [-0.39, 0.29) is 0 Å². The van der Waals surface area contributed by atoms with Crippen molar-refractivity contribution in [1.82, 2.24) is 9.97 Å². The van der Waals surface area contributed by atoms with Crippen LogP contribution in [0.2, 0.25) is 0 Å². The van der Waals surface area contributed by atoms with Crippen molar-refractivity contribution in [1.29, 1.82) is 0 Å². The van der Waals surface area contributed by atoms with Gasteiger partial charge < -0.3 is 10.6 Å². The molecule has 1 atom stereocenters. The zero-order chi connectivity index (χ0) is 12.3. The summed E-state index contributed by atoms with van der Waals surface area (Å²) in [6, 6.07) is 0. The molecule has 1 aliphatic rings. The smallest absolute Gasteiger partial charge is 0.135 e. The topological polar surface area (TPSA) is 55.0 Å². The van der Waals surface area contributed by atoms with Crippen LogP contribution in [0.15, 0.2) is 6.33 Å². The van der Waals surface area contributed by atoms with E-state index < -0.39 is 0 Å². The van der Waals surface area contributed by atoms with Crippen LogP contribution in [0.4, 0.5) is 5.82 Å². The molecular weight excluding hydrogens is 212 g/mol. The summed E-state index contributed by atoms with van der Waals surface area (Å²) in [6.45, 7) is 3.85. The first-order valence-corrected chi connectivity index (χ1v) is 6.46. The predicted octanol–water partition coefficient (Wildman–Crippen LogP) is 1.39. The summed E-state index contributed by atoms with van der Waals surface area (Å²) in [5.74, 6) is 1.60. The summed E-state index contributed by atoms with van der Waals surface area (Å²) in [4.78, 5) is 11.1. The highest BCUT2D eigenvalue weighted by Crippen LogP contribution is 2.26. The average molecular weight is 234 g/mol. The van der Waals surface area contributed by atoms with Gasteiger partial charge in [-0.2, -0.15) is 0 Å². The third-order valence-electron chi connectivity index (χ3n) is 3.45. The molecule has 4 nitrogen and oxygen atoms in total. The highest BCUT2D eigenvalue weighted by molar-refractivity contribution is 5.48. The molecule has 0 saturated heterocycles. The number of fused-ring (bicyclic) bond motifs is 1. The Morgan fingerprint density at radius 2 is 2.12 bits per heavy atom. The molecule has 2 rings (SSSR count). The number of aromatic nitrogens is 2. The van der Waals surface area contributed by atoms with Crippen LogP contribution < -0.4 is 10.6 Å². The van der Waals surface area contributed by atoms with Crippen LogP contribution in [0.5, 0.6) is 0 Å². The summed E-state index contributed by atoms with van der Waals surface area (Å²) in [7, 11) is 2.10. The lowest BCUT2D eigenvalue weighted by atomic mass is 9.96. The molecule has 2 N–H and O–H groups in total. The molecule has 94 valence electrons. The zero-order valence-electron chi connectivity index (χ0n) is 10.8. The molecule has 0 radical (unpaired) electrons. The van der Waals surface area contributed by atoms with Crippen molar-refractivity contribution in [3.8, 4) is 0 Å². The number of aryl methyl sites for hydroxylation is 1. The maximum absolute atomic E-state index is 5.68. The molecule has 1 aromatic rings. The highest BCUT2D eigenvalue weighted by Gasteiger charge is 2.18. The second kappa shape index (κ2) is 5.45. The fraction of sp³-hybridized carbons (Fsp3) is 0.692. The molecule has 0 spiro atoms. The fourth-order valence-electron chi connectivity index (χ4n) is 2.46. The molecule has 0 aromatic carbocycles. The molecule has 0 fully saturated rings. The average Bonchev–Trinajstić information content (AvgIpc) is 2.37. The van der Waals surface area contributed by atoms with Gasteiger partial charge in [-0.25, -0.2) is 9.97 Å². The van der Waals surface area contributed by atoms with Gasteiger partial charge in [-0.1, -0.05) is 6.92 Å². The van der Waals surface area contributed by atoms with E-state index in [1.165, 1.54) is 24.1 Å². The fourth-order valence-corrected chi connectivity index (χ4v) is 2.46. The molecule has 1 aromatic heterocycles. The van der Waals surface area contributed by atoms with Gasteiger partial charge in [-0.05, 0) is 38.1 Å². The Balaban J connectivity index is 2.20. The minimum absolute atomic E-state index is 0.495. The van der Waals surface area contributed by atoms with Gasteiger partial charge in [0.2, 0.25) is 0 Å². The number of hydrogen-bond donors (Lipinski definition) is 1. The standard InChI is InChI=1S/C13H22N4/c1-10(7-14)8-17(2)13-11-5-3-4-6-12(11)15-9-16-13/h9-10H,3-8,14H2,1-2H3. The largest absolute Gasteiger partial charge is 0.359 e. The van der Waals surface area contributed by atoms with Crippen LogP contribution in [-0.4, -0.2) is 30.1 Å². The molecule has 4 heteroatoms. The molecule has 0 bridgehead atoms. The summed E-state index contributed by atoms with van der Waals surface area (Å²) in [5, 5.41) is 0. The summed E-state index contributed by atoms with van der Waals surface area (Å²) in [5.41, 5.74) is 8.27. The molecule has 1 heterocycles. The molecule has 1 unspecified atom stereocenters. The minimum Gasteiger partial charge on any atom is -0.359 e. The Morgan fingerprint density at radius 1 is 1.35 bits per heavy atom. The van der Waals surface area contributed by atoms with Crippen LogP contribution in [0.1, 0.15) is 31.0 Å². The number of nitrogens with two attached hydrogens (primary N) is 1. The van der Waals surface area contributed by atoms with Gasteiger partial charge in [0.15, 0.2) is 0 Å². The van der Waals surface area contributed by atoms with E-state index in [2.05, 4.69) is 28.8 Å². The Labute approximate surface area is 103 Å². The lowest BCUT2D eigenvalue weighted by Crippen LogP contribution is -2.30. The first-order chi connectivity index (χ1) is 8.22. The lowest BCUT2D eigenvalue weighted by Gasteiger charge is -2.26. The van der Waals surface area contributed by atoms with Gasteiger partial charge in [-0.15, -0.1) is 0 Å². The highest BCUT2D eigenvalue weighted by atomic mass is 15.2. The van der Waals surface area contributed by atoms with Crippen molar-refractivity contribution in [3.05, 3.63) is 17.6 Å². The van der Waals surface area contributed by atoms with Crippen LogP contribution >= 0.6 is 0 Å². The monoisotopic (exact) mass is 234 g/mol. The minimum atomic E-state index is 0.495. The van der Waals surface area contributed by atoms with E-state index in [1.807, 2.05) is 0 Å². The van der Waals surface area contributed by atoms with E-state index in [4.69, 9.17) is 5.73 Å². The van der Waals surface area contributed by atoms with Gasteiger partial charge >= 0.3 is 0 Å². The summed E-state index contributed by atoms with van der Waals surface area (Å²) >= 11 is 0.